The van der Waals surface area contributed by atoms with Crippen LogP contribution in [0.2, 0.25) is 5.02 Å². The molecule has 2 aromatic carbocycles. The Morgan fingerprint density at radius 2 is 1.68 bits per heavy atom. The van der Waals surface area contributed by atoms with Crippen LogP contribution >= 0.6 is 22.9 Å². The number of amides is 2. The maximum Gasteiger partial charge on any atom is 0.341 e. The molecule has 0 atom stereocenters. The van der Waals surface area contributed by atoms with E-state index in [1.165, 1.54) is 19.2 Å². The highest BCUT2D eigenvalue weighted by Crippen LogP contribution is 2.35. The summed E-state index contributed by atoms with van der Waals surface area (Å²) in [6.45, 7) is 4.95. The van der Waals surface area contributed by atoms with Crippen LogP contribution in [0.5, 0.6) is 0 Å². The van der Waals surface area contributed by atoms with Gasteiger partial charge in [0, 0.05) is 27.9 Å². The highest BCUT2D eigenvalue weighted by molar-refractivity contribution is 7.19. The molecule has 0 saturated heterocycles. The number of hydrogen-bond acceptors (Lipinski definition) is 7. The number of nitrogens with zero attached hydrogens (tertiary/aromatic N) is 1. The number of aryl methyl sites for hydroxylation is 2. The lowest BCUT2D eigenvalue weighted by Gasteiger charge is -2.07. The zero-order valence-electron chi connectivity index (χ0n) is 18.6. The van der Waals surface area contributed by atoms with E-state index in [1.54, 1.807) is 32.0 Å². The molecule has 11 heteroatoms. The molecule has 34 heavy (non-hydrogen) atoms. The number of hydrogen-bond donors (Lipinski definition) is 2. The highest BCUT2D eigenvalue weighted by atomic mass is 35.5. The first-order valence-corrected chi connectivity index (χ1v) is 11.1. The number of nitro groups is 1. The van der Waals surface area contributed by atoms with Gasteiger partial charge in [-0.2, -0.15) is 0 Å². The Morgan fingerprint density at radius 1 is 1.00 bits per heavy atom. The molecule has 0 unspecified atom stereocenters. The Labute approximate surface area is 203 Å². The second-order valence-electron chi connectivity index (χ2n) is 7.38. The van der Waals surface area contributed by atoms with E-state index in [0.29, 0.717) is 21.8 Å². The average Bonchev–Trinajstić information content (AvgIpc) is 3.11. The Morgan fingerprint density at radius 3 is 2.29 bits per heavy atom. The van der Waals surface area contributed by atoms with Crippen LogP contribution in [0.15, 0.2) is 36.4 Å². The highest BCUT2D eigenvalue weighted by Gasteiger charge is 2.27. The average molecular weight is 502 g/mol. The van der Waals surface area contributed by atoms with Crippen LogP contribution in [0.1, 0.15) is 47.1 Å². The predicted octanol–water partition coefficient (Wildman–Crippen LogP) is 5.53. The Bertz CT molecular complexity index is 1330. The van der Waals surface area contributed by atoms with E-state index in [-0.39, 0.29) is 26.7 Å². The first-order valence-electron chi connectivity index (χ1n) is 9.89. The van der Waals surface area contributed by atoms with Crippen molar-refractivity contribution in [2.45, 2.75) is 20.8 Å². The fraction of sp³-hybridized carbons (Fsp3) is 0.174. The molecule has 3 rings (SSSR count). The van der Waals surface area contributed by atoms with Gasteiger partial charge in [0.05, 0.1) is 22.5 Å². The first-order chi connectivity index (χ1) is 16.0. The summed E-state index contributed by atoms with van der Waals surface area (Å²) in [6, 6.07) is 9.09. The van der Waals surface area contributed by atoms with E-state index in [2.05, 4.69) is 10.6 Å². The molecule has 0 spiro atoms. The quantitative estimate of drug-likeness (QED) is 0.260. The van der Waals surface area contributed by atoms with E-state index in [0.717, 1.165) is 23.0 Å². The SMILES string of the molecule is COC(=O)c1c(NC(=O)c2ccc(C)c([N+](=O)[O-])c2)sc(C(=O)Nc2ccc(C)c(Cl)c2)c1C. The molecule has 1 heterocycles. The largest absolute Gasteiger partial charge is 0.465 e. The number of nitro benzene ring substituents is 1. The fourth-order valence-corrected chi connectivity index (χ4v) is 4.41. The first kappa shape index (κ1) is 24.9. The Hall–Kier alpha value is -3.76. The summed E-state index contributed by atoms with van der Waals surface area (Å²) < 4.78 is 4.83. The molecule has 0 aliphatic heterocycles. The van der Waals surface area contributed by atoms with Crippen molar-refractivity contribution < 1.29 is 24.0 Å². The second kappa shape index (κ2) is 10.0. The Kier molecular flexibility index (Phi) is 7.33. The number of methoxy groups -OCH3 is 1. The molecule has 2 N–H and O–H groups in total. The van der Waals surface area contributed by atoms with E-state index in [4.69, 9.17) is 16.3 Å². The van der Waals surface area contributed by atoms with E-state index in [9.17, 15) is 24.5 Å². The zero-order valence-corrected chi connectivity index (χ0v) is 20.2. The van der Waals surface area contributed by atoms with Crippen LogP contribution in [0.4, 0.5) is 16.4 Å². The topological polar surface area (TPSA) is 128 Å². The maximum atomic E-state index is 12.9. The third kappa shape index (κ3) is 5.08. The van der Waals surface area contributed by atoms with Crippen LogP contribution < -0.4 is 10.6 Å². The van der Waals surface area contributed by atoms with Crippen molar-refractivity contribution in [1.29, 1.82) is 0 Å². The van der Waals surface area contributed by atoms with Crippen molar-refractivity contribution in [3.63, 3.8) is 0 Å². The number of rotatable bonds is 6. The van der Waals surface area contributed by atoms with E-state index >= 15 is 0 Å². The van der Waals surface area contributed by atoms with Crippen molar-refractivity contribution in [2.24, 2.45) is 0 Å². The van der Waals surface area contributed by atoms with Gasteiger partial charge in [-0.25, -0.2) is 4.79 Å². The lowest BCUT2D eigenvalue weighted by atomic mass is 10.1. The minimum absolute atomic E-state index is 0.0227. The van der Waals surface area contributed by atoms with Gasteiger partial charge in [0.25, 0.3) is 17.5 Å². The summed E-state index contributed by atoms with van der Waals surface area (Å²) in [4.78, 5) is 49.0. The molecule has 9 nitrogen and oxygen atoms in total. The zero-order chi connectivity index (χ0) is 25.2. The summed E-state index contributed by atoms with van der Waals surface area (Å²) in [5.74, 6) is -1.91. The van der Waals surface area contributed by atoms with Crippen molar-refractivity contribution in [3.8, 4) is 0 Å². The summed E-state index contributed by atoms with van der Waals surface area (Å²) >= 11 is 7.01. The summed E-state index contributed by atoms with van der Waals surface area (Å²) in [5, 5.41) is 17.1. The van der Waals surface area contributed by atoms with E-state index in [1.807, 2.05) is 6.92 Å². The number of anilines is 2. The fourth-order valence-electron chi connectivity index (χ4n) is 3.15. The summed E-state index contributed by atoms with van der Waals surface area (Å²) in [5.41, 5.74) is 1.87. The molecule has 2 amide bonds. The molecule has 0 bridgehead atoms. The van der Waals surface area contributed by atoms with Crippen molar-refractivity contribution in [2.75, 3.05) is 17.7 Å². The molecule has 0 fully saturated rings. The molecular formula is C23H20ClN3O6S. The number of ether oxygens (including phenoxy) is 1. The van der Waals surface area contributed by atoms with Crippen LogP contribution in [-0.4, -0.2) is 29.8 Å². The standard InChI is InChI=1S/C23H20ClN3O6S/c1-11-6-8-15(10-16(11)24)25-21(29)19-13(3)18(23(30)33-4)22(34-19)26-20(28)14-7-5-12(2)17(9-14)27(31)32/h5-10H,1-4H3,(H,25,29)(H,26,28). The number of carbonyl (C=O) groups is 3. The number of carbonyl (C=O) groups excluding carboxylic acids is 3. The molecule has 0 aliphatic rings. The van der Waals surface area contributed by atoms with Crippen molar-refractivity contribution >= 4 is 57.1 Å². The van der Waals surface area contributed by atoms with Crippen LogP contribution in [-0.2, 0) is 4.74 Å². The van der Waals surface area contributed by atoms with Gasteiger partial charge < -0.3 is 15.4 Å². The smallest absolute Gasteiger partial charge is 0.341 e. The van der Waals surface area contributed by atoms with Crippen LogP contribution in [0.25, 0.3) is 0 Å². The van der Waals surface area contributed by atoms with Gasteiger partial charge in [0.15, 0.2) is 0 Å². The second-order valence-corrected chi connectivity index (χ2v) is 8.81. The lowest BCUT2D eigenvalue weighted by molar-refractivity contribution is -0.385. The van der Waals surface area contributed by atoms with Gasteiger partial charge in [-0.05, 0) is 50.1 Å². The third-order valence-corrected chi connectivity index (χ3v) is 6.68. The molecule has 0 radical (unpaired) electrons. The van der Waals surface area contributed by atoms with Gasteiger partial charge in [-0.15, -0.1) is 11.3 Å². The van der Waals surface area contributed by atoms with Gasteiger partial charge in [0.2, 0.25) is 0 Å². The monoisotopic (exact) mass is 501 g/mol. The predicted molar refractivity (Wildman–Crippen MR) is 130 cm³/mol. The van der Waals surface area contributed by atoms with Crippen molar-refractivity contribution in [3.05, 3.63) is 84.2 Å². The van der Waals surface area contributed by atoms with Gasteiger partial charge in [0.1, 0.15) is 5.00 Å². The molecule has 1 aromatic heterocycles. The molecule has 0 aliphatic carbocycles. The van der Waals surface area contributed by atoms with Crippen LogP contribution in [0, 0.1) is 30.9 Å². The lowest BCUT2D eigenvalue weighted by Crippen LogP contribution is -2.15. The minimum atomic E-state index is -0.739. The molecule has 3 aromatic rings. The summed E-state index contributed by atoms with van der Waals surface area (Å²) in [7, 11) is 1.18. The normalized spacial score (nSPS) is 10.5. The Balaban J connectivity index is 1.95. The number of halogens is 1. The number of thiophene rings is 1. The molecular weight excluding hydrogens is 482 g/mol. The van der Waals surface area contributed by atoms with Crippen molar-refractivity contribution in [1.82, 2.24) is 0 Å². The van der Waals surface area contributed by atoms with Gasteiger partial charge in [-0.3, -0.25) is 19.7 Å². The minimum Gasteiger partial charge on any atom is -0.465 e. The maximum absolute atomic E-state index is 12.9. The number of benzene rings is 2. The van der Waals surface area contributed by atoms with Gasteiger partial charge >= 0.3 is 5.97 Å². The molecule has 0 saturated carbocycles. The third-order valence-electron chi connectivity index (χ3n) is 5.07. The molecule has 176 valence electrons. The number of esters is 1. The number of nitrogens with one attached hydrogen (secondary N) is 2. The summed E-state index contributed by atoms with van der Waals surface area (Å²) in [6.07, 6.45) is 0. The van der Waals surface area contributed by atoms with Crippen LogP contribution in [0.3, 0.4) is 0 Å². The van der Waals surface area contributed by atoms with Gasteiger partial charge in [-0.1, -0.05) is 23.7 Å². The van der Waals surface area contributed by atoms with E-state index < -0.39 is 22.7 Å².